The van der Waals surface area contributed by atoms with Gasteiger partial charge in [0, 0.05) is 43.0 Å². The van der Waals surface area contributed by atoms with E-state index in [0.29, 0.717) is 6.42 Å². The lowest BCUT2D eigenvalue weighted by Gasteiger charge is -2.06. The van der Waals surface area contributed by atoms with Crippen molar-refractivity contribution in [2.75, 3.05) is 6.26 Å². The van der Waals surface area contributed by atoms with Gasteiger partial charge in [-0.05, 0) is 28.6 Å². The maximum atomic E-state index is 11.3. The van der Waals surface area contributed by atoms with Crippen LogP contribution in [0.4, 0.5) is 0 Å². The fraction of sp³-hybridized carbons (Fsp3) is 0.154. The summed E-state index contributed by atoms with van der Waals surface area (Å²) in [4.78, 5) is 8.13. The Morgan fingerprint density at radius 1 is 1.28 bits per heavy atom. The van der Waals surface area contributed by atoms with E-state index in [2.05, 4.69) is 9.97 Å². The summed E-state index contributed by atoms with van der Waals surface area (Å²) in [5.74, 6) is 0. The van der Waals surface area contributed by atoms with Crippen LogP contribution in [0.3, 0.4) is 0 Å². The molecule has 2 aromatic heterocycles. The Labute approximate surface area is 107 Å². The first-order valence-corrected chi connectivity index (χ1v) is 7.43. The number of nitrogens with zero attached hydrogens (tertiary/aromatic N) is 2. The highest BCUT2D eigenvalue weighted by Crippen LogP contribution is 2.21. The van der Waals surface area contributed by atoms with E-state index in [-0.39, 0.29) is 0 Å². The van der Waals surface area contributed by atoms with Crippen LogP contribution in [0.2, 0.25) is 0 Å². The SMILES string of the molecule is CS(=O)(O)=CCc1cnccc1-c1cccnc1. The van der Waals surface area contributed by atoms with Crippen molar-refractivity contribution in [2.24, 2.45) is 0 Å². The van der Waals surface area contributed by atoms with E-state index in [1.54, 1.807) is 24.8 Å². The second kappa shape index (κ2) is 5.29. The zero-order valence-electron chi connectivity index (χ0n) is 9.98. The van der Waals surface area contributed by atoms with Crippen LogP contribution in [-0.2, 0) is 16.2 Å². The van der Waals surface area contributed by atoms with E-state index < -0.39 is 9.80 Å². The van der Waals surface area contributed by atoms with Gasteiger partial charge < -0.3 is 4.55 Å². The fourth-order valence-electron chi connectivity index (χ4n) is 1.64. The monoisotopic (exact) mass is 262 g/mol. The highest BCUT2D eigenvalue weighted by Gasteiger charge is 2.04. The molecule has 18 heavy (non-hydrogen) atoms. The second-order valence-corrected chi connectivity index (χ2v) is 6.06. The summed E-state index contributed by atoms with van der Waals surface area (Å²) in [5, 5.41) is 1.41. The van der Waals surface area contributed by atoms with Crippen molar-refractivity contribution in [3.63, 3.8) is 0 Å². The molecule has 0 saturated carbocycles. The van der Waals surface area contributed by atoms with E-state index in [1.807, 2.05) is 18.2 Å². The molecule has 0 aromatic carbocycles. The first-order valence-electron chi connectivity index (χ1n) is 5.44. The van der Waals surface area contributed by atoms with Crippen LogP contribution in [0.25, 0.3) is 11.1 Å². The van der Waals surface area contributed by atoms with Crippen LogP contribution in [0.15, 0.2) is 43.0 Å². The molecule has 1 atom stereocenters. The largest absolute Gasteiger partial charge is 0.314 e. The van der Waals surface area contributed by atoms with Gasteiger partial charge in [0.1, 0.15) is 0 Å². The summed E-state index contributed by atoms with van der Waals surface area (Å²) in [6, 6.07) is 5.70. The predicted octanol–water partition coefficient (Wildman–Crippen LogP) is 1.88. The summed E-state index contributed by atoms with van der Waals surface area (Å²) < 4.78 is 20.6. The number of hydrogen-bond acceptors (Lipinski definition) is 3. The van der Waals surface area contributed by atoms with Crippen LogP contribution in [-0.4, -0.2) is 30.4 Å². The van der Waals surface area contributed by atoms with Crippen molar-refractivity contribution < 1.29 is 8.76 Å². The highest BCUT2D eigenvalue weighted by molar-refractivity contribution is 7.95. The third-order valence-corrected chi connectivity index (χ3v) is 3.27. The molecular formula is C13H14N2O2S. The minimum Gasteiger partial charge on any atom is -0.314 e. The van der Waals surface area contributed by atoms with Gasteiger partial charge in [-0.3, -0.25) is 9.97 Å². The third kappa shape index (κ3) is 3.38. The Kier molecular flexibility index (Phi) is 3.74. The van der Waals surface area contributed by atoms with Gasteiger partial charge in [0.15, 0.2) is 0 Å². The van der Waals surface area contributed by atoms with E-state index in [9.17, 15) is 8.76 Å². The van der Waals surface area contributed by atoms with E-state index in [1.165, 1.54) is 11.6 Å². The van der Waals surface area contributed by atoms with E-state index >= 15 is 0 Å². The maximum absolute atomic E-state index is 11.3. The van der Waals surface area contributed by atoms with Crippen LogP contribution >= 0.6 is 0 Å². The quantitative estimate of drug-likeness (QED) is 0.858. The number of pyridine rings is 2. The number of hydrogen-bond donors (Lipinski definition) is 1. The average molecular weight is 262 g/mol. The van der Waals surface area contributed by atoms with Gasteiger partial charge in [-0.15, -0.1) is 0 Å². The van der Waals surface area contributed by atoms with Crippen molar-refractivity contribution >= 4 is 15.2 Å². The van der Waals surface area contributed by atoms with Crippen LogP contribution in [0, 0.1) is 0 Å². The molecule has 5 heteroatoms. The molecule has 0 fully saturated rings. The molecule has 2 rings (SSSR count). The Morgan fingerprint density at radius 3 is 2.72 bits per heavy atom. The van der Waals surface area contributed by atoms with Gasteiger partial charge >= 0.3 is 0 Å². The summed E-state index contributed by atoms with van der Waals surface area (Å²) in [5.41, 5.74) is 2.87. The lowest BCUT2D eigenvalue weighted by atomic mass is 10.0. The van der Waals surface area contributed by atoms with Crippen molar-refractivity contribution in [3.05, 3.63) is 48.5 Å². The molecule has 1 unspecified atom stereocenters. The van der Waals surface area contributed by atoms with E-state index in [4.69, 9.17) is 0 Å². The smallest absolute Gasteiger partial charge is 0.0750 e. The zero-order valence-corrected chi connectivity index (χ0v) is 10.8. The lowest BCUT2D eigenvalue weighted by Crippen LogP contribution is -2.02. The van der Waals surface area contributed by atoms with Gasteiger partial charge in [-0.2, -0.15) is 0 Å². The first-order chi connectivity index (χ1) is 8.56. The van der Waals surface area contributed by atoms with Crippen LogP contribution < -0.4 is 0 Å². The molecule has 4 nitrogen and oxygen atoms in total. The first kappa shape index (κ1) is 12.7. The maximum Gasteiger partial charge on any atom is 0.0750 e. The summed E-state index contributed by atoms with van der Waals surface area (Å²) in [7, 11) is -2.84. The van der Waals surface area contributed by atoms with Gasteiger partial charge in [0.25, 0.3) is 0 Å². The molecule has 0 spiro atoms. The van der Waals surface area contributed by atoms with E-state index in [0.717, 1.165) is 16.7 Å². The molecule has 2 aromatic rings. The van der Waals surface area contributed by atoms with Crippen molar-refractivity contribution in [2.45, 2.75) is 6.42 Å². The average Bonchev–Trinajstić information content (AvgIpc) is 2.37. The number of rotatable bonds is 3. The van der Waals surface area contributed by atoms with Crippen molar-refractivity contribution in [3.8, 4) is 11.1 Å². The van der Waals surface area contributed by atoms with Crippen molar-refractivity contribution in [1.29, 1.82) is 0 Å². The molecule has 94 valence electrons. The summed E-state index contributed by atoms with van der Waals surface area (Å²) in [6.07, 6.45) is 8.60. The molecule has 0 aliphatic heterocycles. The predicted molar refractivity (Wildman–Crippen MR) is 73.9 cm³/mol. The molecule has 0 amide bonds. The Balaban J connectivity index is 2.41. The molecule has 0 saturated heterocycles. The zero-order chi connectivity index (χ0) is 13.0. The molecule has 0 radical (unpaired) electrons. The molecular weight excluding hydrogens is 248 g/mol. The second-order valence-electron chi connectivity index (χ2n) is 4.01. The Hall–Kier alpha value is -1.72. The fourth-order valence-corrected chi connectivity index (χ4v) is 2.13. The molecule has 2 heterocycles. The molecule has 1 N–H and O–H groups in total. The number of aromatic nitrogens is 2. The topological polar surface area (TPSA) is 63.1 Å². The highest BCUT2D eigenvalue weighted by atomic mass is 32.2. The minimum absolute atomic E-state index is 0.407. The van der Waals surface area contributed by atoms with Gasteiger partial charge in [0.05, 0.1) is 9.80 Å². The van der Waals surface area contributed by atoms with Gasteiger partial charge in [0.2, 0.25) is 0 Å². The molecule has 0 aliphatic rings. The summed E-state index contributed by atoms with van der Waals surface area (Å²) >= 11 is 0. The minimum atomic E-state index is -2.84. The van der Waals surface area contributed by atoms with Crippen LogP contribution in [0.5, 0.6) is 0 Å². The van der Waals surface area contributed by atoms with Crippen molar-refractivity contribution in [1.82, 2.24) is 9.97 Å². The Bertz CT molecular complexity index is 639. The molecule has 0 bridgehead atoms. The van der Waals surface area contributed by atoms with Gasteiger partial charge in [-0.25, -0.2) is 4.21 Å². The standard InChI is InChI=1S/C13H14N2O2S/c1-18(16,17)8-5-12-10-15-7-4-13(12)11-3-2-6-14-9-11/h2-4,6-10H,5H2,1H3,(H,16,17). The molecule has 0 aliphatic carbocycles. The van der Waals surface area contributed by atoms with Gasteiger partial charge in [-0.1, -0.05) is 6.07 Å². The Morgan fingerprint density at radius 2 is 2.06 bits per heavy atom. The third-order valence-electron chi connectivity index (χ3n) is 2.49. The lowest BCUT2D eigenvalue weighted by molar-refractivity contribution is 0.566. The van der Waals surface area contributed by atoms with Crippen LogP contribution in [0.1, 0.15) is 5.56 Å². The normalized spacial score (nSPS) is 13.9. The summed E-state index contributed by atoms with van der Waals surface area (Å²) in [6.45, 7) is 0.